The summed E-state index contributed by atoms with van der Waals surface area (Å²) < 4.78 is 5.59. The first-order chi connectivity index (χ1) is 10.0. The zero-order valence-corrected chi connectivity index (χ0v) is 12.4. The van der Waals surface area contributed by atoms with Gasteiger partial charge in [0.15, 0.2) is 0 Å². The van der Waals surface area contributed by atoms with Crippen molar-refractivity contribution in [1.82, 2.24) is 4.90 Å². The molecule has 1 saturated heterocycles. The molecule has 1 aliphatic heterocycles. The first-order valence-corrected chi connectivity index (χ1v) is 7.25. The van der Waals surface area contributed by atoms with Gasteiger partial charge in [-0.05, 0) is 25.0 Å². The SMILES string of the molecule is CCC1COC(C)CN1C(=O)Cc1ccccc1C(=O)O. The number of hydrogen-bond acceptors (Lipinski definition) is 3. The lowest BCUT2D eigenvalue weighted by Crippen LogP contribution is -2.51. The Hall–Kier alpha value is -1.88. The second-order valence-corrected chi connectivity index (χ2v) is 5.39. The van der Waals surface area contributed by atoms with Crippen LogP contribution in [-0.4, -0.2) is 47.2 Å². The number of carboxylic acids is 1. The third kappa shape index (κ3) is 3.61. The summed E-state index contributed by atoms with van der Waals surface area (Å²) in [5.74, 6) is -1.04. The van der Waals surface area contributed by atoms with Gasteiger partial charge in [-0.25, -0.2) is 4.79 Å². The molecule has 1 fully saturated rings. The Bertz CT molecular complexity index is 529. The molecule has 114 valence electrons. The minimum absolute atomic E-state index is 0.0199. The van der Waals surface area contributed by atoms with Crippen LogP contribution >= 0.6 is 0 Å². The molecule has 1 heterocycles. The van der Waals surface area contributed by atoms with Gasteiger partial charge in [-0.3, -0.25) is 4.79 Å². The van der Waals surface area contributed by atoms with Crippen molar-refractivity contribution in [2.24, 2.45) is 0 Å². The first-order valence-electron chi connectivity index (χ1n) is 7.25. The normalized spacial score (nSPS) is 22.1. The highest BCUT2D eigenvalue weighted by Crippen LogP contribution is 2.17. The molecule has 21 heavy (non-hydrogen) atoms. The molecule has 0 aromatic heterocycles. The number of carbonyl (C=O) groups excluding carboxylic acids is 1. The van der Waals surface area contributed by atoms with Gasteiger partial charge in [0.05, 0.1) is 30.7 Å². The Morgan fingerprint density at radius 1 is 1.38 bits per heavy atom. The number of hydrogen-bond donors (Lipinski definition) is 1. The molecule has 1 aromatic rings. The van der Waals surface area contributed by atoms with Crippen LogP contribution in [-0.2, 0) is 16.0 Å². The van der Waals surface area contributed by atoms with Crippen LogP contribution in [0.3, 0.4) is 0 Å². The summed E-state index contributed by atoms with van der Waals surface area (Å²) >= 11 is 0. The number of benzene rings is 1. The summed E-state index contributed by atoms with van der Waals surface area (Å²) in [6.45, 7) is 5.07. The Labute approximate surface area is 124 Å². The number of nitrogens with zero attached hydrogens (tertiary/aromatic N) is 1. The minimum atomic E-state index is -0.999. The Balaban J connectivity index is 2.15. The fourth-order valence-corrected chi connectivity index (χ4v) is 2.64. The summed E-state index contributed by atoms with van der Waals surface area (Å²) in [5.41, 5.74) is 0.754. The van der Waals surface area contributed by atoms with Gasteiger partial charge in [0, 0.05) is 6.54 Å². The van der Waals surface area contributed by atoms with Crippen molar-refractivity contribution in [2.45, 2.75) is 38.8 Å². The lowest BCUT2D eigenvalue weighted by molar-refractivity contribution is -0.143. The maximum atomic E-state index is 12.5. The van der Waals surface area contributed by atoms with Crippen LogP contribution in [0.15, 0.2) is 24.3 Å². The molecule has 5 heteroatoms. The van der Waals surface area contributed by atoms with Gasteiger partial charge < -0.3 is 14.7 Å². The fraction of sp³-hybridized carbons (Fsp3) is 0.500. The summed E-state index contributed by atoms with van der Waals surface area (Å²) in [4.78, 5) is 25.6. The summed E-state index contributed by atoms with van der Waals surface area (Å²) in [6.07, 6.45) is 0.969. The molecular weight excluding hydrogens is 270 g/mol. The second kappa shape index (κ2) is 6.72. The number of rotatable bonds is 4. The van der Waals surface area contributed by atoms with Crippen LogP contribution in [0.1, 0.15) is 36.2 Å². The highest BCUT2D eigenvalue weighted by atomic mass is 16.5. The average molecular weight is 291 g/mol. The van der Waals surface area contributed by atoms with E-state index in [0.29, 0.717) is 18.7 Å². The number of aromatic carboxylic acids is 1. The van der Waals surface area contributed by atoms with Gasteiger partial charge in [-0.1, -0.05) is 25.1 Å². The molecule has 0 radical (unpaired) electrons. The molecule has 5 nitrogen and oxygen atoms in total. The molecule has 0 aliphatic carbocycles. The highest BCUT2D eigenvalue weighted by molar-refractivity contribution is 5.91. The average Bonchev–Trinajstić information content (AvgIpc) is 2.47. The van der Waals surface area contributed by atoms with E-state index in [2.05, 4.69) is 0 Å². The van der Waals surface area contributed by atoms with Crippen molar-refractivity contribution in [3.05, 3.63) is 35.4 Å². The van der Waals surface area contributed by atoms with E-state index in [0.717, 1.165) is 6.42 Å². The quantitative estimate of drug-likeness (QED) is 0.920. The number of ether oxygens (including phenoxy) is 1. The van der Waals surface area contributed by atoms with Crippen molar-refractivity contribution in [3.63, 3.8) is 0 Å². The van der Waals surface area contributed by atoms with E-state index in [-0.39, 0.29) is 30.0 Å². The second-order valence-electron chi connectivity index (χ2n) is 5.39. The number of carboxylic acid groups (broad SMARTS) is 1. The number of carbonyl (C=O) groups is 2. The molecule has 1 aliphatic rings. The molecule has 2 rings (SSSR count). The van der Waals surface area contributed by atoms with E-state index in [1.807, 2.05) is 18.7 Å². The molecular formula is C16H21NO4. The molecule has 0 saturated carbocycles. The van der Waals surface area contributed by atoms with Crippen molar-refractivity contribution in [3.8, 4) is 0 Å². The molecule has 0 bridgehead atoms. The molecule has 2 unspecified atom stereocenters. The lowest BCUT2D eigenvalue weighted by atomic mass is 10.0. The maximum absolute atomic E-state index is 12.5. The van der Waals surface area contributed by atoms with Crippen LogP contribution in [0.25, 0.3) is 0 Å². The topological polar surface area (TPSA) is 66.8 Å². The zero-order valence-electron chi connectivity index (χ0n) is 12.4. The number of morpholine rings is 1. The summed E-state index contributed by atoms with van der Waals surface area (Å²) in [5, 5.41) is 9.18. The third-order valence-electron chi connectivity index (χ3n) is 3.85. The highest BCUT2D eigenvalue weighted by Gasteiger charge is 2.29. The summed E-state index contributed by atoms with van der Waals surface area (Å²) in [7, 11) is 0. The van der Waals surface area contributed by atoms with Crippen LogP contribution in [0.5, 0.6) is 0 Å². The molecule has 0 spiro atoms. The third-order valence-corrected chi connectivity index (χ3v) is 3.85. The molecule has 2 atom stereocenters. The van der Waals surface area contributed by atoms with Crippen molar-refractivity contribution < 1.29 is 19.4 Å². The van der Waals surface area contributed by atoms with Crippen molar-refractivity contribution in [2.75, 3.05) is 13.2 Å². The van der Waals surface area contributed by atoms with E-state index >= 15 is 0 Å². The molecule has 1 aromatic carbocycles. The predicted molar refractivity (Wildman–Crippen MR) is 78.3 cm³/mol. The van der Waals surface area contributed by atoms with Crippen molar-refractivity contribution in [1.29, 1.82) is 0 Å². The van der Waals surface area contributed by atoms with Gasteiger partial charge in [-0.2, -0.15) is 0 Å². The Kier molecular flexibility index (Phi) is 4.96. The largest absolute Gasteiger partial charge is 0.478 e. The first kappa shape index (κ1) is 15.5. The van der Waals surface area contributed by atoms with Gasteiger partial charge in [-0.15, -0.1) is 0 Å². The molecule has 1 N–H and O–H groups in total. The van der Waals surface area contributed by atoms with Crippen LogP contribution < -0.4 is 0 Å². The van der Waals surface area contributed by atoms with E-state index < -0.39 is 5.97 Å². The monoisotopic (exact) mass is 291 g/mol. The Morgan fingerprint density at radius 2 is 2.10 bits per heavy atom. The van der Waals surface area contributed by atoms with Crippen molar-refractivity contribution >= 4 is 11.9 Å². The van der Waals surface area contributed by atoms with Gasteiger partial charge >= 0.3 is 5.97 Å². The van der Waals surface area contributed by atoms with Gasteiger partial charge in [0.1, 0.15) is 0 Å². The standard InChI is InChI=1S/C16H21NO4/c1-3-13-10-21-11(2)9-17(13)15(18)8-12-6-4-5-7-14(12)16(19)20/h4-7,11,13H,3,8-10H2,1-2H3,(H,19,20). The van der Waals surface area contributed by atoms with E-state index in [4.69, 9.17) is 4.74 Å². The minimum Gasteiger partial charge on any atom is -0.478 e. The lowest BCUT2D eigenvalue weighted by Gasteiger charge is -2.38. The van der Waals surface area contributed by atoms with Gasteiger partial charge in [0.2, 0.25) is 5.91 Å². The maximum Gasteiger partial charge on any atom is 0.335 e. The Morgan fingerprint density at radius 3 is 2.76 bits per heavy atom. The number of amides is 1. The molecule has 1 amide bonds. The van der Waals surface area contributed by atoms with Crippen LogP contribution in [0.2, 0.25) is 0 Å². The van der Waals surface area contributed by atoms with E-state index in [1.165, 1.54) is 6.07 Å². The smallest absolute Gasteiger partial charge is 0.335 e. The summed E-state index contributed by atoms with van der Waals surface area (Å²) in [6, 6.07) is 6.74. The van der Waals surface area contributed by atoms with Crippen LogP contribution in [0.4, 0.5) is 0 Å². The zero-order chi connectivity index (χ0) is 15.4. The van der Waals surface area contributed by atoms with E-state index in [9.17, 15) is 14.7 Å². The van der Waals surface area contributed by atoms with Crippen LogP contribution in [0, 0.1) is 0 Å². The van der Waals surface area contributed by atoms with E-state index in [1.54, 1.807) is 18.2 Å². The fourth-order valence-electron chi connectivity index (χ4n) is 2.64. The predicted octanol–water partition coefficient (Wildman–Crippen LogP) is 1.95. The van der Waals surface area contributed by atoms with Gasteiger partial charge in [0.25, 0.3) is 0 Å².